The smallest absolute Gasteiger partial charge is 0.339 e. The van der Waals surface area contributed by atoms with E-state index in [-0.39, 0.29) is 30.5 Å². The molecule has 0 saturated heterocycles. The molecular formula is C18H15N5O5. The maximum absolute atomic E-state index is 12.3. The molecule has 4 rings (SSSR count). The van der Waals surface area contributed by atoms with Gasteiger partial charge in [-0.2, -0.15) is 0 Å². The summed E-state index contributed by atoms with van der Waals surface area (Å²) in [6, 6.07) is 4.01. The second-order valence-corrected chi connectivity index (χ2v) is 5.72. The lowest BCUT2D eigenvalue weighted by Crippen LogP contribution is -2.32. The molecule has 0 spiro atoms. The van der Waals surface area contributed by atoms with E-state index >= 15 is 0 Å². The Labute approximate surface area is 158 Å². The van der Waals surface area contributed by atoms with Gasteiger partial charge in [-0.25, -0.2) is 24.5 Å². The third-order valence-electron chi connectivity index (χ3n) is 4.04. The van der Waals surface area contributed by atoms with Gasteiger partial charge in [-0.05, 0) is 25.1 Å². The Bertz CT molecular complexity index is 1070. The number of ether oxygens (including phenoxy) is 3. The number of rotatable bonds is 4. The van der Waals surface area contributed by atoms with Crippen molar-refractivity contribution in [2.75, 3.05) is 18.3 Å². The summed E-state index contributed by atoms with van der Waals surface area (Å²) in [4.78, 5) is 37.8. The predicted octanol–water partition coefficient (Wildman–Crippen LogP) is 2.15. The molecule has 0 aliphatic carbocycles. The van der Waals surface area contributed by atoms with Crippen molar-refractivity contribution in [3.8, 4) is 11.5 Å². The minimum absolute atomic E-state index is 0.0280. The summed E-state index contributed by atoms with van der Waals surface area (Å²) in [5.74, 6) is 0.439. The molecule has 0 radical (unpaired) electrons. The number of primary amides is 1. The van der Waals surface area contributed by atoms with Crippen molar-refractivity contribution in [1.82, 2.24) is 15.0 Å². The van der Waals surface area contributed by atoms with Crippen molar-refractivity contribution < 1.29 is 23.8 Å². The second kappa shape index (κ2) is 6.99. The van der Waals surface area contributed by atoms with Crippen LogP contribution in [-0.2, 0) is 4.74 Å². The molecule has 0 fully saturated rings. The first-order valence-corrected chi connectivity index (χ1v) is 8.35. The summed E-state index contributed by atoms with van der Waals surface area (Å²) in [7, 11) is 0. The Kier molecular flexibility index (Phi) is 4.36. The van der Waals surface area contributed by atoms with Crippen LogP contribution in [0.2, 0.25) is 0 Å². The van der Waals surface area contributed by atoms with Crippen LogP contribution in [0.4, 0.5) is 16.3 Å². The summed E-state index contributed by atoms with van der Waals surface area (Å²) in [6.45, 7) is 1.93. The van der Waals surface area contributed by atoms with Crippen LogP contribution < -0.4 is 20.1 Å². The molecule has 2 aromatic heterocycles. The zero-order chi connectivity index (χ0) is 19.7. The molecule has 0 bridgehead atoms. The van der Waals surface area contributed by atoms with E-state index in [0.29, 0.717) is 22.4 Å². The first-order valence-electron chi connectivity index (χ1n) is 8.35. The van der Waals surface area contributed by atoms with Crippen molar-refractivity contribution in [2.45, 2.75) is 6.92 Å². The van der Waals surface area contributed by atoms with Gasteiger partial charge in [-0.3, -0.25) is 4.98 Å². The largest absolute Gasteiger partial charge is 0.462 e. The van der Waals surface area contributed by atoms with Gasteiger partial charge in [0.25, 0.3) is 0 Å². The number of carbonyl (C=O) groups excluding carboxylic acids is 2. The molecule has 2 N–H and O–H groups in total. The van der Waals surface area contributed by atoms with Gasteiger partial charge in [0.2, 0.25) is 6.79 Å². The minimum Gasteiger partial charge on any atom is -0.462 e. The maximum Gasteiger partial charge on any atom is 0.339 e. The fraction of sp³-hybridized carbons (Fsp3) is 0.167. The molecule has 1 aliphatic heterocycles. The van der Waals surface area contributed by atoms with Gasteiger partial charge in [0, 0.05) is 17.8 Å². The zero-order valence-corrected chi connectivity index (χ0v) is 14.8. The number of amides is 2. The molecule has 0 unspecified atom stereocenters. The first kappa shape index (κ1) is 17.5. The number of benzene rings is 1. The molecule has 1 aliphatic rings. The number of hydrogen-bond acceptors (Lipinski definition) is 8. The second-order valence-electron chi connectivity index (χ2n) is 5.72. The van der Waals surface area contributed by atoms with Crippen LogP contribution >= 0.6 is 0 Å². The van der Waals surface area contributed by atoms with E-state index in [1.54, 1.807) is 19.1 Å². The predicted molar refractivity (Wildman–Crippen MR) is 97.6 cm³/mol. The molecule has 28 heavy (non-hydrogen) atoms. The monoisotopic (exact) mass is 381 g/mol. The first-order chi connectivity index (χ1) is 13.6. The lowest BCUT2D eigenvalue weighted by Gasteiger charge is -2.22. The fourth-order valence-electron chi connectivity index (χ4n) is 2.91. The molecule has 0 saturated carbocycles. The van der Waals surface area contributed by atoms with Gasteiger partial charge < -0.3 is 19.9 Å². The Morgan fingerprint density at radius 1 is 1.29 bits per heavy atom. The highest BCUT2D eigenvalue weighted by Crippen LogP contribution is 2.47. The number of nitrogens with two attached hydrogens (primary N) is 1. The van der Waals surface area contributed by atoms with E-state index in [2.05, 4.69) is 15.0 Å². The molecule has 142 valence electrons. The highest BCUT2D eigenvalue weighted by molar-refractivity contribution is 6.09. The summed E-state index contributed by atoms with van der Waals surface area (Å²) >= 11 is 0. The average molecular weight is 381 g/mol. The number of aromatic nitrogens is 3. The Morgan fingerprint density at radius 3 is 2.86 bits per heavy atom. The number of hydrogen-bond donors (Lipinski definition) is 1. The highest BCUT2D eigenvalue weighted by Gasteiger charge is 2.30. The highest BCUT2D eigenvalue weighted by atomic mass is 16.7. The fourth-order valence-corrected chi connectivity index (χ4v) is 2.91. The summed E-state index contributed by atoms with van der Waals surface area (Å²) in [5.41, 5.74) is 6.56. The van der Waals surface area contributed by atoms with Gasteiger partial charge in [0.15, 0.2) is 11.5 Å². The lowest BCUT2D eigenvalue weighted by molar-refractivity contribution is 0.0526. The van der Waals surface area contributed by atoms with E-state index in [1.807, 2.05) is 0 Å². The number of urea groups is 1. The molecule has 0 atom stereocenters. The number of pyridine rings is 1. The molecule has 10 nitrogen and oxygen atoms in total. The SMILES string of the molecule is CCOC(=O)c1cnc2c(N(C(N)=O)c3ccncn3)c3c(cc2c1)OCO3. The summed E-state index contributed by atoms with van der Waals surface area (Å²) < 4.78 is 16.1. The molecule has 1 aromatic carbocycles. The average Bonchev–Trinajstić information content (AvgIpc) is 3.16. The standard InChI is InChI=1S/C18H15N5O5/c1-2-26-17(24)11-5-10-6-12-16(28-9-27-12)15(14(10)21-7-11)23(18(19)25)13-3-4-20-8-22-13/h3-8H,2,9H2,1H3,(H2,19,25). The van der Waals surface area contributed by atoms with Crippen LogP contribution in [0.5, 0.6) is 11.5 Å². The molecule has 3 aromatic rings. The zero-order valence-electron chi connectivity index (χ0n) is 14.8. The van der Waals surface area contributed by atoms with E-state index in [9.17, 15) is 9.59 Å². The van der Waals surface area contributed by atoms with Crippen LogP contribution in [0.1, 0.15) is 17.3 Å². The lowest BCUT2D eigenvalue weighted by atomic mass is 10.1. The van der Waals surface area contributed by atoms with Crippen molar-refractivity contribution in [3.63, 3.8) is 0 Å². The summed E-state index contributed by atoms with van der Waals surface area (Å²) in [5, 5.41) is 0.546. The van der Waals surface area contributed by atoms with Gasteiger partial charge in [-0.15, -0.1) is 0 Å². The molecule has 10 heteroatoms. The number of anilines is 2. The molecule has 2 amide bonds. The Morgan fingerprint density at radius 2 is 2.14 bits per heavy atom. The van der Waals surface area contributed by atoms with Crippen LogP contribution in [0.3, 0.4) is 0 Å². The number of esters is 1. The van der Waals surface area contributed by atoms with E-state index < -0.39 is 12.0 Å². The summed E-state index contributed by atoms with van der Waals surface area (Å²) in [6.07, 6.45) is 4.14. The minimum atomic E-state index is -0.792. The molecule has 3 heterocycles. The third-order valence-corrected chi connectivity index (χ3v) is 4.04. The van der Waals surface area contributed by atoms with Crippen LogP contribution in [0, 0.1) is 0 Å². The van der Waals surface area contributed by atoms with Crippen LogP contribution in [0.15, 0.2) is 36.9 Å². The van der Waals surface area contributed by atoms with Crippen LogP contribution in [-0.4, -0.2) is 40.4 Å². The van der Waals surface area contributed by atoms with Crippen molar-refractivity contribution in [2.24, 2.45) is 5.73 Å². The van der Waals surface area contributed by atoms with Crippen LogP contribution in [0.25, 0.3) is 10.9 Å². The van der Waals surface area contributed by atoms with Gasteiger partial charge in [-0.1, -0.05) is 0 Å². The van der Waals surface area contributed by atoms with E-state index in [1.165, 1.54) is 24.8 Å². The van der Waals surface area contributed by atoms with Crippen molar-refractivity contribution in [3.05, 3.63) is 42.5 Å². The quantitative estimate of drug-likeness (QED) is 0.680. The normalized spacial score (nSPS) is 12.0. The Balaban J connectivity index is 1.96. The van der Waals surface area contributed by atoms with E-state index in [0.717, 1.165) is 4.90 Å². The van der Waals surface area contributed by atoms with Gasteiger partial charge in [0.1, 0.15) is 17.8 Å². The number of carbonyl (C=O) groups is 2. The Hall–Kier alpha value is -3.95. The third kappa shape index (κ3) is 2.90. The number of nitrogens with zero attached hydrogens (tertiary/aromatic N) is 4. The van der Waals surface area contributed by atoms with Gasteiger partial charge >= 0.3 is 12.0 Å². The van der Waals surface area contributed by atoms with Gasteiger partial charge in [0.05, 0.1) is 17.7 Å². The maximum atomic E-state index is 12.3. The number of fused-ring (bicyclic) bond motifs is 2. The van der Waals surface area contributed by atoms with E-state index in [4.69, 9.17) is 19.9 Å². The molecular weight excluding hydrogens is 366 g/mol. The topological polar surface area (TPSA) is 130 Å². The van der Waals surface area contributed by atoms with Crippen molar-refractivity contribution >= 4 is 34.4 Å². The van der Waals surface area contributed by atoms with Crippen molar-refractivity contribution in [1.29, 1.82) is 0 Å².